The lowest BCUT2D eigenvalue weighted by atomic mass is 9.87. The van der Waals surface area contributed by atoms with Crippen LogP contribution in [0.5, 0.6) is 0 Å². The molecule has 0 spiro atoms. The maximum atomic E-state index is 12.1. The molecule has 0 N–H and O–H groups in total. The van der Waals surface area contributed by atoms with Gasteiger partial charge in [-0.15, -0.1) is 0 Å². The zero-order valence-corrected chi connectivity index (χ0v) is 12.1. The molecule has 0 saturated heterocycles. The van der Waals surface area contributed by atoms with Gasteiger partial charge in [0.15, 0.2) is 0 Å². The average molecular weight is 270 g/mol. The van der Waals surface area contributed by atoms with Gasteiger partial charge in [-0.3, -0.25) is 4.79 Å². The quantitative estimate of drug-likeness (QED) is 0.737. The summed E-state index contributed by atoms with van der Waals surface area (Å²) >= 11 is 0. The van der Waals surface area contributed by atoms with Crippen molar-refractivity contribution in [1.82, 2.24) is 0 Å². The monoisotopic (exact) mass is 270 g/mol. The van der Waals surface area contributed by atoms with Gasteiger partial charge >= 0.3 is 5.97 Å². The third-order valence-electron chi connectivity index (χ3n) is 4.58. The molecule has 110 valence electrons. The molecule has 2 aliphatic carbocycles. The van der Waals surface area contributed by atoms with Crippen LogP contribution in [0.3, 0.4) is 0 Å². The highest BCUT2D eigenvalue weighted by Crippen LogP contribution is 2.29. The van der Waals surface area contributed by atoms with Gasteiger partial charge in [-0.2, -0.15) is 0 Å². The predicted octanol–water partition coefficient (Wildman–Crippen LogP) is 2.69. The first-order chi connectivity index (χ1) is 9.22. The van der Waals surface area contributed by atoms with Gasteiger partial charge in [-0.05, 0) is 51.4 Å². The number of hydrogen-bond acceptors (Lipinski definition) is 4. The Morgan fingerprint density at radius 3 is 1.63 bits per heavy atom. The summed E-state index contributed by atoms with van der Waals surface area (Å²) in [6.45, 7) is 0. The van der Waals surface area contributed by atoms with Crippen LogP contribution in [0.15, 0.2) is 0 Å². The molecular formula is C15H26O4. The second-order valence-corrected chi connectivity index (χ2v) is 5.78. The number of ether oxygens (including phenoxy) is 3. The summed E-state index contributed by atoms with van der Waals surface area (Å²) in [5.41, 5.74) is 0. The Morgan fingerprint density at radius 1 is 0.737 bits per heavy atom. The van der Waals surface area contributed by atoms with E-state index in [1.807, 2.05) is 0 Å². The molecule has 0 heterocycles. The fourth-order valence-electron chi connectivity index (χ4n) is 3.18. The van der Waals surface area contributed by atoms with Gasteiger partial charge in [0.2, 0.25) is 0 Å². The summed E-state index contributed by atoms with van der Waals surface area (Å²) in [5, 5.41) is 0. The molecule has 0 atom stereocenters. The van der Waals surface area contributed by atoms with Crippen molar-refractivity contribution >= 4 is 5.97 Å². The number of hydrogen-bond donors (Lipinski definition) is 0. The minimum atomic E-state index is 0.00965. The topological polar surface area (TPSA) is 44.8 Å². The highest BCUT2D eigenvalue weighted by Gasteiger charge is 2.30. The van der Waals surface area contributed by atoms with Crippen molar-refractivity contribution in [2.45, 2.75) is 69.7 Å². The van der Waals surface area contributed by atoms with Crippen LogP contribution in [-0.2, 0) is 19.0 Å². The van der Waals surface area contributed by atoms with Crippen molar-refractivity contribution in [2.24, 2.45) is 5.92 Å². The van der Waals surface area contributed by atoms with E-state index in [-0.39, 0.29) is 18.0 Å². The maximum absolute atomic E-state index is 12.1. The first-order valence-electron chi connectivity index (χ1n) is 7.49. The molecule has 0 unspecified atom stereocenters. The van der Waals surface area contributed by atoms with E-state index in [0.29, 0.717) is 12.2 Å². The molecule has 4 nitrogen and oxygen atoms in total. The normalized spacial score (nSPS) is 35.9. The predicted molar refractivity (Wildman–Crippen MR) is 71.9 cm³/mol. The summed E-state index contributed by atoms with van der Waals surface area (Å²) in [6, 6.07) is 0. The van der Waals surface area contributed by atoms with Crippen LogP contribution < -0.4 is 0 Å². The van der Waals surface area contributed by atoms with Crippen LogP contribution in [0.25, 0.3) is 0 Å². The zero-order valence-electron chi connectivity index (χ0n) is 12.1. The number of rotatable bonds is 4. The van der Waals surface area contributed by atoms with Crippen LogP contribution in [0, 0.1) is 5.92 Å². The highest BCUT2D eigenvalue weighted by molar-refractivity contribution is 5.72. The molecule has 2 rings (SSSR count). The van der Waals surface area contributed by atoms with Gasteiger partial charge in [0.1, 0.15) is 6.10 Å². The largest absolute Gasteiger partial charge is 0.462 e. The zero-order chi connectivity index (χ0) is 13.7. The Kier molecular flexibility index (Phi) is 5.64. The van der Waals surface area contributed by atoms with Crippen molar-refractivity contribution in [1.29, 1.82) is 0 Å². The molecule has 0 radical (unpaired) electrons. The van der Waals surface area contributed by atoms with E-state index >= 15 is 0 Å². The van der Waals surface area contributed by atoms with E-state index in [0.717, 1.165) is 51.4 Å². The molecular weight excluding hydrogens is 244 g/mol. The van der Waals surface area contributed by atoms with Gasteiger partial charge in [-0.1, -0.05) is 0 Å². The third-order valence-corrected chi connectivity index (χ3v) is 4.58. The highest BCUT2D eigenvalue weighted by atomic mass is 16.5. The van der Waals surface area contributed by atoms with E-state index in [4.69, 9.17) is 14.2 Å². The summed E-state index contributed by atoms with van der Waals surface area (Å²) in [4.78, 5) is 12.1. The molecule has 0 aromatic rings. The smallest absolute Gasteiger partial charge is 0.309 e. The van der Waals surface area contributed by atoms with Gasteiger partial charge < -0.3 is 14.2 Å². The Labute approximate surface area is 115 Å². The molecule has 0 bridgehead atoms. The third kappa shape index (κ3) is 4.18. The second-order valence-electron chi connectivity index (χ2n) is 5.78. The van der Waals surface area contributed by atoms with Crippen molar-refractivity contribution in [3.8, 4) is 0 Å². The molecule has 2 aliphatic rings. The summed E-state index contributed by atoms with van der Waals surface area (Å²) in [5.74, 6) is 0.0990. The lowest BCUT2D eigenvalue weighted by molar-refractivity contribution is -0.158. The number of carbonyl (C=O) groups is 1. The van der Waals surface area contributed by atoms with Gasteiger partial charge in [0, 0.05) is 14.2 Å². The maximum Gasteiger partial charge on any atom is 0.309 e. The van der Waals surface area contributed by atoms with Crippen LogP contribution >= 0.6 is 0 Å². The minimum Gasteiger partial charge on any atom is -0.462 e. The van der Waals surface area contributed by atoms with Crippen LogP contribution in [0.2, 0.25) is 0 Å². The van der Waals surface area contributed by atoms with Crippen molar-refractivity contribution in [2.75, 3.05) is 14.2 Å². The Balaban J connectivity index is 1.70. The summed E-state index contributed by atoms with van der Waals surface area (Å²) in [7, 11) is 3.50. The van der Waals surface area contributed by atoms with Crippen molar-refractivity contribution < 1.29 is 19.0 Å². The van der Waals surface area contributed by atoms with E-state index in [1.165, 1.54) is 0 Å². The lowest BCUT2D eigenvalue weighted by Gasteiger charge is -2.30. The Hall–Kier alpha value is -0.610. The van der Waals surface area contributed by atoms with E-state index in [1.54, 1.807) is 14.2 Å². The Bertz CT molecular complexity index is 276. The molecule has 0 amide bonds. The Morgan fingerprint density at radius 2 is 1.16 bits per heavy atom. The van der Waals surface area contributed by atoms with E-state index in [2.05, 4.69) is 0 Å². The second kappa shape index (κ2) is 7.25. The van der Waals surface area contributed by atoms with E-state index < -0.39 is 0 Å². The molecule has 2 saturated carbocycles. The molecule has 0 aromatic carbocycles. The molecule has 4 heteroatoms. The van der Waals surface area contributed by atoms with Gasteiger partial charge in [-0.25, -0.2) is 0 Å². The van der Waals surface area contributed by atoms with E-state index in [9.17, 15) is 4.79 Å². The standard InChI is InChI=1S/C15H26O4/c1-17-12-5-3-11(4-6-12)15(16)19-14-9-7-13(18-2)8-10-14/h11-14H,3-10H2,1-2H3. The van der Waals surface area contributed by atoms with Gasteiger partial charge in [0.25, 0.3) is 0 Å². The van der Waals surface area contributed by atoms with Crippen LogP contribution in [0.4, 0.5) is 0 Å². The number of carbonyl (C=O) groups excluding carboxylic acids is 1. The summed E-state index contributed by atoms with van der Waals surface area (Å²) < 4.78 is 16.3. The van der Waals surface area contributed by atoms with Crippen LogP contribution in [0.1, 0.15) is 51.4 Å². The first kappa shape index (κ1) is 14.8. The van der Waals surface area contributed by atoms with Gasteiger partial charge in [0.05, 0.1) is 18.1 Å². The molecule has 2 fully saturated rings. The molecule has 0 aromatic heterocycles. The summed E-state index contributed by atoms with van der Waals surface area (Å²) in [6.07, 6.45) is 8.47. The average Bonchev–Trinajstić information content (AvgIpc) is 2.48. The van der Waals surface area contributed by atoms with Crippen molar-refractivity contribution in [3.63, 3.8) is 0 Å². The first-order valence-corrected chi connectivity index (χ1v) is 7.49. The number of methoxy groups -OCH3 is 2. The number of esters is 1. The molecule has 19 heavy (non-hydrogen) atoms. The van der Waals surface area contributed by atoms with Crippen LogP contribution in [-0.4, -0.2) is 38.5 Å². The minimum absolute atomic E-state index is 0.00965. The molecule has 0 aliphatic heterocycles. The lowest BCUT2D eigenvalue weighted by Crippen LogP contribution is -2.32. The SMILES string of the molecule is COC1CCC(OC(=O)C2CCC(OC)CC2)CC1. The fourth-order valence-corrected chi connectivity index (χ4v) is 3.18. The fraction of sp³-hybridized carbons (Fsp3) is 0.933. The van der Waals surface area contributed by atoms with Crippen molar-refractivity contribution in [3.05, 3.63) is 0 Å².